The summed E-state index contributed by atoms with van der Waals surface area (Å²) >= 11 is 9.17. The van der Waals surface area contributed by atoms with Crippen molar-refractivity contribution >= 4 is 38.9 Å². The summed E-state index contributed by atoms with van der Waals surface area (Å²) in [4.78, 5) is 0. The van der Waals surface area contributed by atoms with Gasteiger partial charge in [-0.05, 0) is 80.4 Å². The first-order valence-corrected chi connectivity index (χ1v) is 10.3. The monoisotopic (exact) mass is 432 g/mol. The first-order valence-electron chi connectivity index (χ1n) is 9.11. The molecule has 0 aliphatic heterocycles. The van der Waals surface area contributed by atoms with Gasteiger partial charge in [0.1, 0.15) is 5.75 Å². The van der Waals surface area contributed by atoms with Crippen molar-refractivity contribution in [2.45, 2.75) is 45.1 Å². The van der Waals surface area contributed by atoms with Crippen LogP contribution in [0.15, 0.2) is 46.9 Å². The molecule has 3 nitrogen and oxygen atoms in total. The van der Waals surface area contributed by atoms with E-state index in [0.29, 0.717) is 11.7 Å². The summed E-state index contributed by atoms with van der Waals surface area (Å²) in [7, 11) is 0. The minimum atomic E-state index is -0.0980. The molecule has 0 radical (unpaired) electrons. The fraction of sp³-hybridized carbons (Fsp3) is 0.381. The van der Waals surface area contributed by atoms with Crippen molar-refractivity contribution in [3.63, 3.8) is 0 Å². The Hall–Kier alpha value is -1.59. The lowest BCUT2D eigenvalue weighted by Gasteiger charge is -2.32. The molecule has 2 aromatic rings. The molecule has 1 fully saturated rings. The van der Waals surface area contributed by atoms with Gasteiger partial charge in [0.15, 0.2) is 5.11 Å². The number of anilines is 1. The molecule has 138 valence electrons. The number of ether oxygens (including phenoxy) is 1. The highest BCUT2D eigenvalue weighted by Crippen LogP contribution is 2.39. The molecule has 3 rings (SSSR count). The molecule has 0 aromatic heterocycles. The van der Waals surface area contributed by atoms with Crippen molar-refractivity contribution in [1.29, 1.82) is 0 Å². The van der Waals surface area contributed by atoms with Crippen LogP contribution in [0.3, 0.4) is 0 Å². The molecule has 0 bridgehead atoms. The fourth-order valence-electron chi connectivity index (χ4n) is 3.60. The van der Waals surface area contributed by atoms with Crippen LogP contribution in [0.2, 0.25) is 0 Å². The Bertz CT molecular complexity index is 770. The number of nitrogens with one attached hydrogen (secondary N) is 2. The highest BCUT2D eigenvalue weighted by Gasteiger charge is 2.36. The van der Waals surface area contributed by atoms with Crippen LogP contribution < -0.4 is 15.4 Å². The number of halogens is 1. The van der Waals surface area contributed by atoms with Gasteiger partial charge in [0.05, 0.1) is 12.1 Å². The highest BCUT2D eigenvalue weighted by molar-refractivity contribution is 9.10. The predicted molar refractivity (Wildman–Crippen MR) is 116 cm³/mol. The topological polar surface area (TPSA) is 33.3 Å². The molecule has 1 aliphatic carbocycles. The summed E-state index contributed by atoms with van der Waals surface area (Å²) < 4.78 is 6.68. The van der Waals surface area contributed by atoms with Crippen LogP contribution in [0, 0.1) is 6.92 Å². The molecule has 0 unspecified atom stereocenters. The minimum absolute atomic E-state index is 0.0980. The van der Waals surface area contributed by atoms with Gasteiger partial charge in [-0.15, -0.1) is 0 Å². The van der Waals surface area contributed by atoms with Crippen LogP contribution >= 0.6 is 28.1 Å². The molecule has 2 N–H and O–H groups in total. The van der Waals surface area contributed by atoms with Crippen LogP contribution in [0.5, 0.6) is 5.75 Å². The second-order valence-corrected chi connectivity index (χ2v) is 8.05. The van der Waals surface area contributed by atoms with Gasteiger partial charge in [0, 0.05) is 10.2 Å². The molecule has 1 saturated carbocycles. The van der Waals surface area contributed by atoms with Gasteiger partial charge in [0.2, 0.25) is 0 Å². The zero-order chi connectivity index (χ0) is 18.6. The Labute approximate surface area is 169 Å². The maximum Gasteiger partial charge on any atom is 0.171 e. The van der Waals surface area contributed by atoms with E-state index in [-0.39, 0.29) is 5.54 Å². The van der Waals surface area contributed by atoms with Gasteiger partial charge in [-0.2, -0.15) is 0 Å². The standard InChI is InChI=1S/C21H25BrN2OS/c1-3-25-18-9-6-16(7-10-18)21(12-4-5-13-21)24-20(26)23-17-8-11-19(22)15(2)14-17/h6-11,14H,3-5,12-13H2,1-2H3,(H2,23,24,26). The molecule has 1 aliphatic rings. The summed E-state index contributed by atoms with van der Waals surface area (Å²) in [5, 5.41) is 7.62. The van der Waals surface area contributed by atoms with Crippen LogP contribution in [0.1, 0.15) is 43.7 Å². The third-order valence-electron chi connectivity index (χ3n) is 4.94. The Morgan fingerprint density at radius 1 is 1.15 bits per heavy atom. The Kier molecular flexibility index (Phi) is 6.20. The Morgan fingerprint density at radius 3 is 2.46 bits per heavy atom. The average molecular weight is 433 g/mol. The third-order valence-corrected chi connectivity index (χ3v) is 6.04. The largest absolute Gasteiger partial charge is 0.494 e. The van der Waals surface area contributed by atoms with E-state index in [1.54, 1.807) is 0 Å². The first kappa shape index (κ1) is 19.2. The maximum atomic E-state index is 5.63. The molecule has 0 saturated heterocycles. The van der Waals surface area contributed by atoms with Crippen molar-refractivity contribution in [2.75, 3.05) is 11.9 Å². The van der Waals surface area contributed by atoms with Crippen molar-refractivity contribution in [3.05, 3.63) is 58.1 Å². The van der Waals surface area contributed by atoms with E-state index in [4.69, 9.17) is 17.0 Å². The van der Waals surface area contributed by atoms with E-state index in [9.17, 15) is 0 Å². The molecule has 2 aromatic carbocycles. The summed E-state index contributed by atoms with van der Waals surface area (Å²) in [5.41, 5.74) is 3.36. The number of hydrogen-bond donors (Lipinski definition) is 2. The lowest BCUT2D eigenvalue weighted by Crippen LogP contribution is -2.45. The van der Waals surface area contributed by atoms with Crippen LogP contribution in [-0.2, 0) is 5.54 Å². The Morgan fingerprint density at radius 2 is 1.85 bits per heavy atom. The number of hydrogen-bond acceptors (Lipinski definition) is 2. The lowest BCUT2D eigenvalue weighted by atomic mass is 9.88. The molecule has 0 heterocycles. The first-order chi connectivity index (χ1) is 12.5. The van der Waals surface area contributed by atoms with Gasteiger partial charge in [0.25, 0.3) is 0 Å². The van der Waals surface area contributed by atoms with Gasteiger partial charge < -0.3 is 15.4 Å². The molecular formula is C21H25BrN2OS. The van der Waals surface area contributed by atoms with E-state index < -0.39 is 0 Å². The number of benzene rings is 2. The molecule has 0 atom stereocenters. The second-order valence-electron chi connectivity index (χ2n) is 6.79. The van der Waals surface area contributed by atoms with Gasteiger partial charge in [-0.25, -0.2) is 0 Å². The predicted octanol–water partition coefficient (Wildman–Crippen LogP) is 5.91. The fourth-order valence-corrected chi connectivity index (χ4v) is 4.16. The van der Waals surface area contributed by atoms with Crippen molar-refractivity contribution in [3.8, 4) is 5.75 Å². The normalized spacial score (nSPS) is 15.5. The number of aryl methyl sites for hydroxylation is 1. The average Bonchev–Trinajstić information content (AvgIpc) is 3.08. The van der Waals surface area contributed by atoms with E-state index in [1.807, 2.05) is 19.1 Å². The lowest BCUT2D eigenvalue weighted by molar-refractivity contribution is 0.339. The highest BCUT2D eigenvalue weighted by atomic mass is 79.9. The van der Waals surface area contributed by atoms with Gasteiger partial charge in [-0.1, -0.05) is 40.9 Å². The minimum Gasteiger partial charge on any atom is -0.494 e. The summed E-state index contributed by atoms with van der Waals surface area (Å²) in [6.45, 7) is 4.76. The Balaban J connectivity index is 1.74. The van der Waals surface area contributed by atoms with Crippen LogP contribution in [0.4, 0.5) is 5.69 Å². The van der Waals surface area contributed by atoms with Gasteiger partial charge >= 0.3 is 0 Å². The molecule has 0 amide bonds. The molecule has 0 spiro atoms. The van der Waals surface area contributed by atoms with Crippen molar-refractivity contribution < 1.29 is 4.74 Å². The van der Waals surface area contributed by atoms with Crippen molar-refractivity contribution in [2.24, 2.45) is 0 Å². The van der Waals surface area contributed by atoms with Crippen LogP contribution in [0.25, 0.3) is 0 Å². The summed E-state index contributed by atoms with van der Waals surface area (Å²) in [5.74, 6) is 0.912. The SMILES string of the molecule is CCOc1ccc(C2(NC(=S)Nc3ccc(Br)c(C)c3)CCCC2)cc1. The smallest absolute Gasteiger partial charge is 0.171 e. The van der Waals surface area contributed by atoms with Crippen molar-refractivity contribution in [1.82, 2.24) is 5.32 Å². The zero-order valence-corrected chi connectivity index (χ0v) is 17.7. The van der Waals surface area contributed by atoms with E-state index in [2.05, 4.69) is 63.8 Å². The summed E-state index contributed by atoms with van der Waals surface area (Å²) in [6.07, 6.45) is 4.59. The maximum absolute atomic E-state index is 5.63. The van der Waals surface area contributed by atoms with Gasteiger partial charge in [-0.3, -0.25) is 0 Å². The quantitative estimate of drug-likeness (QED) is 0.575. The van der Waals surface area contributed by atoms with Crippen LogP contribution in [-0.4, -0.2) is 11.7 Å². The third kappa shape index (κ3) is 4.38. The van der Waals surface area contributed by atoms with E-state index >= 15 is 0 Å². The number of thiocarbonyl (C=S) groups is 1. The molecular weight excluding hydrogens is 408 g/mol. The molecule has 5 heteroatoms. The van der Waals surface area contributed by atoms with E-state index in [0.717, 1.165) is 28.8 Å². The van der Waals surface area contributed by atoms with E-state index in [1.165, 1.54) is 24.0 Å². The number of rotatable bonds is 5. The zero-order valence-electron chi connectivity index (χ0n) is 15.3. The molecule has 26 heavy (non-hydrogen) atoms. The summed E-state index contributed by atoms with van der Waals surface area (Å²) in [6, 6.07) is 14.6. The second kappa shape index (κ2) is 8.40.